The van der Waals surface area contributed by atoms with Crippen molar-refractivity contribution in [1.29, 1.82) is 0 Å². The van der Waals surface area contributed by atoms with Crippen LogP contribution in [0.2, 0.25) is 0 Å². The van der Waals surface area contributed by atoms with Gasteiger partial charge in [0.2, 0.25) is 0 Å². The van der Waals surface area contributed by atoms with Gasteiger partial charge in [-0.1, -0.05) is 24.3 Å². The molecule has 0 radical (unpaired) electrons. The Balaban J connectivity index is 1.87. The lowest BCUT2D eigenvalue weighted by molar-refractivity contribution is 0.0602. The maximum atomic E-state index is 12.8. The number of methoxy groups -OCH3 is 1. The van der Waals surface area contributed by atoms with Gasteiger partial charge in [0.15, 0.2) is 0 Å². The molecule has 0 aliphatic carbocycles. The molecule has 7 nitrogen and oxygen atoms in total. The lowest BCUT2D eigenvalue weighted by atomic mass is 10.1. The van der Waals surface area contributed by atoms with Gasteiger partial charge in [0.25, 0.3) is 5.91 Å². The predicted molar refractivity (Wildman–Crippen MR) is 112 cm³/mol. The zero-order chi connectivity index (χ0) is 21.0. The number of benzene rings is 2. The van der Waals surface area contributed by atoms with Gasteiger partial charge in [-0.25, -0.2) is 14.8 Å². The van der Waals surface area contributed by atoms with E-state index in [-0.39, 0.29) is 11.3 Å². The number of aromatic nitrogens is 2. The molecule has 0 bridgehead atoms. The van der Waals surface area contributed by atoms with Crippen LogP contribution in [0.1, 0.15) is 37.8 Å². The van der Waals surface area contributed by atoms with E-state index in [0.29, 0.717) is 17.3 Å². The molecule has 0 spiro atoms. The second-order valence-corrected chi connectivity index (χ2v) is 6.55. The zero-order valence-electron chi connectivity index (χ0n) is 16.7. The Morgan fingerprint density at radius 3 is 2.41 bits per heavy atom. The molecule has 3 aromatic rings. The highest BCUT2D eigenvalue weighted by atomic mass is 16.5. The van der Waals surface area contributed by atoms with E-state index in [9.17, 15) is 9.59 Å². The average molecular weight is 390 g/mol. The average Bonchev–Trinajstić information content (AvgIpc) is 2.71. The molecule has 0 saturated carbocycles. The third-order valence-corrected chi connectivity index (χ3v) is 4.52. The van der Waals surface area contributed by atoms with E-state index < -0.39 is 11.9 Å². The van der Waals surface area contributed by atoms with Crippen molar-refractivity contribution in [2.45, 2.75) is 20.8 Å². The number of aryl methyl sites for hydroxylation is 2. The van der Waals surface area contributed by atoms with Crippen LogP contribution in [-0.2, 0) is 4.74 Å². The van der Waals surface area contributed by atoms with Crippen molar-refractivity contribution in [2.75, 3.05) is 17.7 Å². The Morgan fingerprint density at radius 1 is 0.931 bits per heavy atom. The molecule has 0 aliphatic rings. The van der Waals surface area contributed by atoms with Gasteiger partial charge in [0.05, 0.1) is 18.4 Å². The van der Waals surface area contributed by atoms with Crippen LogP contribution in [-0.4, -0.2) is 29.0 Å². The van der Waals surface area contributed by atoms with Crippen LogP contribution in [0, 0.1) is 20.8 Å². The van der Waals surface area contributed by atoms with Crippen LogP contribution in [0.4, 0.5) is 17.2 Å². The summed E-state index contributed by atoms with van der Waals surface area (Å²) >= 11 is 0. The van der Waals surface area contributed by atoms with Gasteiger partial charge < -0.3 is 15.4 Å². The van der Waals surface area contributed by atoms with Gasteiger partial charge in [-0.2, -0.15) is 0 Å². The molecule has 7 heteroatoms. The number of hydrogen-bond acceptors (Lipinski definition) is 6. The number of hydrogen-bond donors (Lipinski definition) is 2. The van der Waals surface area contributed by atoms with Crippen molar-refractivity contribution >= 4 is 29.1 Å². The summed E-state index contributed by atoms with van der Waals surface area (Å²) in [7, 11) is 1.29. The summed E-state index contributed by atoms with van der Waals surface area (Å²) in [5.41, 5.74) is 3.96. The maximum absolute atomic E-state index is 12.8. The predicted octanol–water partition coefficient (Wildman–Crippen LogP) is 4.18. The molecule has 0 atom stereocenters. The highest BCUT2D eigenvalue weighted by Crippen LogP contribution is 2.23. The Morgan fingerprint density at radius 2 is 1.66 bits per heavy atom. The lowest BCUT2D eigenvalue weighted by Gasteiger charge is -2.13. The number of nitrogens with zero attached hydrogens (tertiary/aromatic N) is 2. The van der Waals surface area contributed by atoms with Crippen LogP contribution >= 0.6 is 0 Å². The van der Waals surface area contributed by atoms with E-state index in [1.54, 1.807) is 37.3 Å². The third kappa shape index (κ3) is 4.57. The molecule has 0 unspecified atom stereocenters. The topological polar surface area (TPSA) is 93.2 Å². The van der Waals surface area contributed by atoms with Gasteiger partial charge in [0, 0.05) is 11.8 Å². The summed E-state index contributed by atoms with van der Waals surface area (Å²) in [4.78, 5) is 33.3. The summed E-state index contributed by atoms with van der Waals surface area (Å²) in [6.07, 6.45) is 0. The molecular weight excluding hydrogens is 368 g/mol. The molecule has 0 fully saturated rings. The molecule has 0 saturated heterocycles. The number of ether oxygens (including phenoxy) is 1. The summed E-state index contributed by atoms with van der Waals surface area (Å²) < 4.78 is 4.76. The van der Waals surface area contributed by atoms with Crippen molar-refractivity contribution < 1.29 is 14.3 Å². The fourth-order valence-electron chi connectivity index (χ4n) is 2.84. The number of esters is 1. The standard InChI is InChI=1S/C22H22N4O3/c1-13-8-7-11-17(14(13)2)25-20-12-19(23-15(3)24-20)21(27)26-18-10-6-5-9-16(18)22(28)29-4/h5-12H,1-4H3,(H,26,27)(H,23,24,25). The first kappa shape index (κ1) is 20.0. The van der Waals surface area contributed by atoms with E-state index in [4.69, 9.17) is 4.74 Å². The molecule has 3 rings (SSSR count). The van der Waals surface area contributed by atoms with Crippen molar-refractivity contribution in [3.05, 3.63) is 76.7 Å². The van der Waals surface area contributed by atoms with Gasteiger partial charge in [-0.05, 0) is 50.1 Å². The van der Waals surface area contributed by atoms with E-state index in [0.717, 1.165) is 16.8 Å². The number of nitrogens with one attached hydrogen (secondary N) is 2. The Labute approximate surface area is 169 Å². The Hall–Kier alpha value is -3.74. The van der Waals surface area contributed by atoms with Crippen LogP contribution in [0.15, 0.2) is 48.5 Å². The van der Waals surface area contributed by atoms with Gasteiger partial charge >= 0.3 is 5.97 Å². The van der Waals surface area contributed by atoms with Crippen LogP contribution in [0.3, 0.4) is 0 Å². The zero-order valence-corrected chi connectivity index (χ0v) is 16.7. The minimum atomic E-state index is -0.531. The summed E-state index contributed by atoms with van der Waals surface area (Å²) in [6.45, 7) is 5.76. The van der Waals surface area contributed by atoms with E-state index in [2.05, 4.69) is 20.6 Å². The van der Waals surface area contributed by atoms with E-state index in [1.807, 2.05) is 32.0 Å². The lowest BCUT2D eigenvalue weighted by Crippen LogP contribution is -2.17. The highest BCUT2D eigenvalue weighted by Gasteiger charge is 2.16. The largest absolute Gasteiger partial charge is 0.465 e. The first-order valence-corrected chi connectivity index (χ1v) is 9.06. The van der Waals surface area contributed by atoms with Crippen LogP contribution in [0.5, 0.6) is 0 Å². The highest BCUT2D eigenvalue weighted by molar-refractivity contribution is 6.07. The minimum absolute atomic E-state index is 0.185. The summed E-state index contributed by atoms with van der Waals surface area (Å²) in [5, 5.41) is 5.97. The first-order chi connectivity index (χ1) is 13.9. The van der Waals surface area contributed by atoms with E-state index in [1.165, 1.54) is 7.11 Å². The van der Waals surface area contributed by atoms with Gasteiger partial charge in [-0.3, -0.25) is 4.79 Å². The second-order valence-electron chi connectivity index (χ2n) is 6.55. The first-order valence-electron chi connectivity index (χ1n) is 9.06. The van der Waals surface area contributed by atoms with Gasteiger partial charge in [0.1, 0.15) is 17.3 Å². The smallest absolute Gasteiger partial charge is 0.339 e. The molecule has 0 aliphatic heterocycles. The van der Waals surface area contributed by atoms with Crippen molar-refractivity contribution in [2.24, 2.45) is 0 Å². The number of para-hydroxylation sites is 1. The van der Waals surface area contributed by atoms with Crippen LogP contribution < -0.4 is 10.6 Å². The second kappa shape index (κ2) is 8.52. The number of amides is 1. The molecule has 1 heterocycles. The Kier molecular flexibility index (Phi) is 5.87. The van der Waals surface area contributed by atoms with Crippen molar-refractivity contribution in [3.63, 3.8) is 0 Å². The fraction of sp³-hybridized carbons (Fsp3) is 0.182. The number of rotatable bonds is 5. The molecule has 1 aromatic heterocycles. The Bertz CT molecular complexity index is 1080. The summed E-state index contributed by atoms with van der Waals surface area (Å²) in [5.74, 6) is -0.0165. The van der Waals surface area contributed by atoms with Crippen molar-refractivity contribution in [3.8, 4) is 0 Å². The van der Waals surface area contributed by atoms with Crippen molar-refractivity contribution in [1.82, 2.24) is 9.97 Å². The SMILES string of the molecule is COC(=O)c1ccccc1NC(=O)c1cc(Nc2cccc(C)c2C)nc(C)n1. The number of carbonyl (C=O) groups excluding carboxylic acids is 2. The summed E-state index contributed by atoms with van der Waals surface area (Å²) in [6, 6.07) is 14.1. The quantitative estimate of drug-likeness (QED) is 0.635. The van der Waals surface area contributed by atoms with Gasteiger partial charge in [-0.15, -0.1) is 0 Å². The third-order valence-electron chi connectivity index (χ3n) is 4.52. The number of carbonyl (C=O) groups is 2. The number of anilines is 3. The maximum Gasteiger partial charge on any atom is 0.339 e. The molecule has 2 N–H and O–H groups in total. The van der Waals surface area contributed by atoms with Crippen LogP contribution in [0.25, 0.3) is 0 Å². The molecular formula is C22H22N4O3. The molecule has 29 heavy (non-hydrogen) atoms. The molecule has 2 aromatic carbocycles. The monoisotopic (exact) mass is 390 g/mol. The normalized spacial score (nSPS) is 10.3. The fourth-order valence-corrected chi connectivity index (χ4v) is 2.84. The minimum Gasteiger partial charge on any atom is -0.465 e. The molecule has 148 valence electrons. The molecule has 1 amide bonds. The van der Waals surface area contributed by atoms with E-state index >= 15 is 0 Å².